The number of hydrogen-bond donors (Lipinski definition) is 2. The number of hydrazone groups is 1. The molecule has 0 spiro atoms. The third-order valence-electron chi connectivity index (χ3n) is 3.83. The molecule has 8 heteroatoms. The Bertz CT molecular complexity index is 882. The Labute approximate surface area is 175 Å². The van der Waals surface area contributed by atoms with Crippen molar-refractivity contribution in [2.45, 2.75) is 27.2 Å². The third kappa shape index (κ3) is 6.50. The Morgan fingerprint density at radius 1 is 1.03 bits per heavy atom. The predicted octanol–water partition coefficient (Wildman–Crippen LogP) is 3.79. The molecule has 0 fully saturated rings. The molecule has 2 aromatic rings. The SMILES string of the molecule is CCOc1cc(/C=N\NC(=O)C(=O)Nc2ccc(CC)cc2)cc(Cl)c1OCC. The van der Waals surface area contributed by atoms with Gasteiger partial charge < -0.3 is 14.8 Å². The fourth-order valence-electron chi connectivity index (χ4n) is 2.44. The van der Waals surface area contributed by atoms with Crippen molar-refractivity contribution in [1.29, 1.82) is 0 Å². The van der Waals surface area contributed by atoms with Crippen LogP contribution in [0.3, 0.4) is 0 Å². The van der Waals surface area contributed by atoms with E-state index in [0.29, 0.717) is 41.0 Å². The van der Waals surface area contributed by atoms with E-state index in [4.69, 9.17) is 21.1 Å². The standard InChI is InChI=1S/C21H24ClN3O4/c1-4-14-7-9-16(10-8-14)24-20(26)21(27)25-23-13-15-11-17(22)19(29-6-3)18(12-15)28-5-2/h7-13H,4-6H2,1-3H3,(H,24,26)(H,25,27)/b23-13-. The topological polar surface area (TPSA) is 89.0 Å². The number of nitrogens with zero attached hydrogens (tertiary/aromatic N) is 1. The zero-order chi connectivity index (χ0) is 21.2. The Morgan fingerprint density at radius 2 is 1.72 bits per heavy atom. The summed E-state index contributed by atoms with van der Waals surface area (Å²) in [5, 5.41) is 6.68. The van der Waals surface area contributed by atoms with Crippen molar-refractivity contribution < 1.29 is 19.1 Å². The van der Waals surface area contributed by atoms with Crippen LogP contribution in [0.15, 0.2) is 41.5 Å². The van der Waals surface area contributed by atoms with Crippen LogP contribution in [0.2, 0.25) is 5.02 Å². The third-order valence-corrected chi connectivity index (χ3v) is 4.11. The quantitative estimate of drug-likeness (QED) is 0.388. The molecule has 0 atom stereocenters. The second kappa shape index (κ2) is 11.1. The van der Waals surface area contributed by atoms with Crippen LogP contribution < -0.4 is 20.2 Å². The minimum absolute atomic E-state index is 0.360. The van der Waals surface area contributed by atoms with Crippen LogP contribution in [0, 0.1) is 0 Å². The van der Waals surface area contributed by atoms with Crippen LogP contribution in [0.4, 0.5) is 5.69 Å². The first-order valence-electron chi connectivity index (χ1n) is 9.30. The summed E-state index contributed by atoms with van der Waals surface area (Å²) >= 11 is 6.23. The molecule has 0 bridgehead atoms. The van der Waals surface area contributed by atoms with Gasteiger partial charge in [-0.1, -0.05) is 30.7 Å². The van der Waals surface area contributed by atoms with Crippen LogP contribution in [0.25, 0.3) is 0 Å². The summed E-state index contributed by atoms with van der Waals surface area (Å²) in [4.78, 5) is 23.9. The predicted molar refractivity (Wildman–Crippen MR) is 114 cm³/mol. The lowest BCUT2D eigenvalue weighted by Crippen LogP contribution is -2.32. The van der Waals surface area contributed by atoms with Gasteiger partial charge in [0, 0.05) is 5.69 Å². The maximum atomic E-state index is 12.0. The minimum Gasteiger partial charge on any atom is -0.490 e. The maximum absolute atomic E-state index is 12.0. The average Bonchev–Trinajstić information content (AvgIpc) is 2.71. The summed E-state index contributed by atoms with van der Waals surface area (Å²) < 4.78 is 11.0. The molecule has 2 rings (SSSR count). The van der Waals surface area contributed by atoms with Crippen molar-refractivity contribution in [3.8, 4) is 11.5 Å². The van der Waals surface area contributed by atoms with E-state index in [-0.39, 0.29) is 0 Å². The zero-order valence-electron chi connectivity index (χ0n) is 16.6. The number of carbonyl (C=O) groups excluding carboxylic acids is 2. The van der Waals surface area contributed by atoms with E-state index in [2.05, 4.69) is 15.8 Å². The Kier molecular flexibility index (Phi) is 8.48. The summed E-state index contributed by atoms with van der Waals surface area (Å²) in [6.07, 6.45) is 2.26. The average molecular weight is 418 g/mol. The Balaban J connectivity index is 2.00. The van der Waals surface area contributed by atoms with E-state index in [1.165, 1.54) is 6.21 Å². The van der Waals surface area contributed by atoms with Crippen molar-refractivity contribution in [3.05, 3.63) is 52.5 Å². The number of halogens is 1. The molecular formula is C21H24ClN3O4. The minimum atomic E-state index is -0.886. The van der Waals surface area contributed by atoms with Crippen molar-refractivity contribution in [1.82, 2.24) is 5.43 Å². The highest BCUT2D eigenvalue weighted by Crippen LogP contribution is 2.36. The lowest BCUT2D eigenvalue weighted by atomic mass is 10.1. The van der Waals surface area contributed by atoms with E-state index in [9.17, 15) is 9.59 Å². The lowest BCUT2D eigenvalue weighted by Gasteiger charge is -2.13. The number of hydrogen-bond acceptors (Lipinski definition) is 5. The number of nitrogens with one attached hydrogen (secondary N) is 2. The summed E-state index contributed by atoms with van der Waals surface area (Å²) in [5.41, 5.74) is 4.44. The van der Waals surface area contributed by atoms with E-state index < -0.39 is 11.8 Å². The highest BCUT2D eigenvalue weighted by Gasteiger charge is 2.14. The molecule has 0 saturated carbocycles. The molecule has 0 unspecified atom stereocenters. The zero-order valence-corrected chi connectivity index (χ0v) is 17.4. The van der Waals surface area contributed by atoms with Crippen molar-refractivity contribution in [2.75, 3.05) is 18.5 Å². The van der Waals surface area contributed by atoms with Gasteiger partial charge in [-0.25, -0.2) is 5.43 Å². The van der Waals surface area contributed by atoms with Gasteiger partial charge in [-0.2, -0.15) is 5.10 Å². The Hall–Kier alpha value is -3.06. The molecule has 2 N–H and O–H groups in total. The van der Waals surface area contributed by atoms with Crippen LogP contribution in [-0.2, 0) is 16.0 Å². The molecule has 0 heterocycles. The largest absolute Gasteiger partial charge is 0.490 e. The molecule has 0 aliphatic heterocycles. The van der Waals surface area contributed by atoms with Gasteiger partial charge in [0.1, 0.15) is 0 Å². The number of benzene rings is 2. The molecule has 0 saturated heterocycles. The molecule has 7 nitrogen and oxygen atoms in total. The highest BCUT2D eigenvalue weighted by molar-refractivity contribution is 6.39. The molecule has 0 aliphatic rings. The fourth-order valence-corrected chi connectivity index (χ4v) is 2.71. The van der Waals surface area contributed by atoms with Crippen molar-refractivity contribution in [3.63, 3.8) is 0 Å². The van der Waals surface area contributed by atoms with E-state index >= 15 is 0 Å². The van der Waals surface area contributed by atoms with Crippen molar-refractivity contribution >= 4 is 35.3 Å². The molecule has 154 valence electrons. The normalized spacial score (nSPS) is 10.6. The number of ether oxygens (including phenoxy) is 2. The van der Waals surface area contributed by atoms with Crippen LogP contribution >= 0.6 is 11.6 Å². The van der Waals surface area contributed by atoms with Gasteiger partial charge in [-0.3, -0.25) is 9.59 Å². The van der Waals surface area contributed by atoms with Crippen LogP contribution in [0.1, 0.15) is 31.9 Å². The highest BCUT2D eigenvalue weighted by atomic mass is 35.5. The van der Waals surface area contributed by atoms with E-state index in [1.54, 1.807) is 24.3 Å². The molecule has 2 aromatic carbocycles. The van der Waals surface area contributed by atoms with Gasteiger partial charge in [-0.15, -0.1) is 0 Å². The fraction of sp³-hybridized carbons (Fsp3) is 0.286. The van der Waals surface area contributed by atoms with Gasteiger partial charge in [-0.05, 0) is 55.7 Å². The van der Waals surface area contributed by atoms with Gasteiger partial charge in [0.15, 0.2) is 11.5 Å². The first-order valence-corrected chi connectivity index (χ1v) is 9.68. The number of aryl methyl sites for hydroxylation is 1. The number of carbonyl (C=O) groups is 2. The first-order chi connectivity index (χ1) is 14.0. The maximum Gasteiger partial charge on any atom is 0.329 e. The molecule has 0 radical (unpaired) electrons. The molecule has 29 heavy (non-hydrogen) atoms. The lowest BCUT2D eigenvalue weighted by molar-refractivity contribution is -0.136. The van der Waals surface area contributed by atoms with Gasteiger partial charge in [0.25, 0.3) is 0 Å². The second-order valence-electron chi connectivity index (χ2n) is 5.90. The van der Waals surface area contributed by atoms with Gasteiger partial charge >= 0.3 is 11.8 Å². The number of amides is 2. The molecule has 0 aromatic heterocycles. The summed E-state index contributed by atoms with van der Waals surface area (Å²) in [5.74, 6) is -0.775. The Morgan fingerprint density at radius 3 is 2.34 bits per heavy atom. The van der Waals surface area contributed by atoms with Crippen molar-refractivity contribution in [2.24, 2.45) is 5.10 Å². The number of rotatable bonds is 8. The molecular weight excluding hydrogens is 394 g/mol. The monoisotopic (exact) mass is 417 g/mol. The molecule has 0 aliphatic carbocycles. The molecule has 2 amide bonds. The van der Waals surface area contributed by atoms with E-state index in [1.807, 2.05) is 32.9 Å². The van der Waals surface area contributed by atoms with Gasteiger partial charge in [0.05, 0.1) is 24.5 Å². The van der Waals surface area contributed by atoms with E-state index in [0.717, 1.165) is 12.0 Å². The smallest absolute Gasteiger partial charge is 0.329 e. The van der Waals surface area contributed by atoms with Crippen LogP contribution in [0.5, 0.6) is 11.5 Å². The second-order valence-corrected chi connectivity index (χ2v) is 6.31. The summed E-state index contributed by atoms with van der Waals surface area (Å²) in [6.45, 7) is 6.61. The summed E-state index contributed by atoms with van der Waals surface area (Å²) in [7, 11) is 0. The summed E-state index contributed by atoms with van der Waals surface area (Å²) in [6, 6.07) is 10.6. The number of anilines is 1. The van der Waals surface area contributed by atoms with Crippen LogP contribution in [-0.4, -0.2) is 31.2 Å². The first kappa shape index (κ1) is 22.2. The van der Waals surface area contributed by atoms with Gasteiger partial charge in [0.2, 0.25) is 0 Å².